The molecule has 0 spiro atoms. The molecule has 1 heterocycles. The van der Waals surface area contributed by atoms with Crippen LogP contribution in [0.2, 0.25) is 0 Å². The molecular weight excluding hydrogens is 487 g/mol. The summed E-state index contributed by atoms with van der Waals surface area (Å²) in [5.74, 6) is 2.88. The van der Waals surface area contributed by atoms with Crippen LogP contribution in [0.4, 0.5) is 0 Å². The summed E-state index contributed by atoms with van der Waals surface area (Å²) in [6.07, 6.45) is 0.972. The van der Waals surface area contributed by atoms with Gasteiger partial charge in [0.1, 0.15) is 12.4 Å². The number of hydrogen-bond donors (Lipinski definition) is 2. The SMILES string of the molecule is CCNC(=NCc1nnc(C)n1C)NCC(Cc1ccccc1)c1ccccc1.I. The van der Waals surface area contributed by atoms with Gasteiger partial charge in [-0.1, -0.05) is 60.7 Å². The number of halogens is 1. The van der Waals surface area contributed by atoms with E-state index in [0.717, 1.165) is 37.1 Å². The number of hydrogen-bond acceptors (Lipinski definition) is 3. The van der Waals surface area contributed by atoms with E-state index in [1.165, 1.54) is 11.1 Å². The molecule has 0 saturated carbocycles. The van der Waals surface area contributed by atoms with Gasteiger partial charge in [0.25, 0.3) is 0 Å². The second-order valence-corrected chi connectivity index (χ2v) is 7.10. The van der Waals surface area contributed by atoms with Crippen molar-refractivity contribution in [2.45, 2.75) is 32.7 Å². The van der Waals surface area contributed by atoms with Crippen molar-refractivity contribution >= 4 is 29.9 Å². The van der Waals surface area contributed by atoms with Crippen LogP contribution in [-0.2, 0) is 20.0 Å². The van der Waals surface area contributed by atoms with Gasteiger partial charge in [-0.25, -0.2) is 4.99 Å². The largest absolute Gasteiger partial charge is 0.357 e. The van der Waals surface area contributed by atoms with Gasteiger partial charge in [-0.05, 0) is 31.4 Å². The van der Waals surface area contributed by atoms with E-state index in [9.17, 15) is 0 Å². The molecule has 0 aliphatic rings. The van der Waals surface area contributed by atoms with Crippen LogP contribution in [0, 0.1) is 6.92 Å². The average Bonchev–Trinajstić information content (AvgIpc) is 3.08. The lowest BCUT2D eigenvalue weighted by Crippen LogP contribution is -2.39. The van der Waals surface area contributed by atoms with Crippen molar-refractivity contribution in [2.75, 3.05) is 13.1 Å². The topological polar surface area (TPSA) is 67.1 Å². The summed E-state index contributed by atoms with van der Waals surface area (Å²) < 4.78 is 1.97. The second-order valence-electron chi connectivity index (χ2n) is 7.10. The van der Waals surface area contributed by atoms with E-state index in [2.05, 4.69) is 88.4 Å². The minimum Gasteiger partial charge on any atom is -0.357 e. The van der Waals surface area contributed by atoms with Crippen molar-refractivity contribution in [3.63, 3.8) is 0 Å². The van der Waals surface area contributed by atoms with Gasteiger partial charge in [0.15, 0.2) is 11.8 Å². The molecular formula is C23H31IN6. The van der Waals surface area contributed by atoms with E-state index in [1.807, 2.05) is 18.5 Å². The minimum absolute atomic E-state index is 0. The summed E-state index contributed by atoms with van der Waals surface area (Å²) in [5.41, 5.74) is 2.66. The van der Waals surface area contributed by atoms with Crippen LogP contribution in [0.25, 0.3) is 0 Å². The predicted octanol–water partition coefficient (Wildman–Crippen LogP) is 3.82. The first-order valence-electron chi connectivity index (χ1n) is 10.1. The zero-order valence-corrected chi connectivity index (χ0v) is 20.2. The Kier molecular flexibility index (Phi) is 9.79. The Morgan fingerprint density at radius 1 is 1.00 bits per heavy atom. The molecule has 2 N–H and O–H groups in total. The Labute approximate surface area is 196 Å². The molecule has 0 radical (unpaired) electrons. The van der Waals surface area contributed by atoms with Crippen LogP contribution in [0.3, 0.4) is 0 Å². The quantitative estimate of drug-likeness (QED) is 0.270. The summed E-state index contributed by atoms with van der Waals surface area (Å²) in [6.45, 7) is 6.10. The lowest BCUT2D eigenvalue weighted by Gasteiger charge is -2.20. The third-order valence-electron chi connectivity index (χ3n) is 5.02. The minimum atomic E-state index is 0. The molecule has 1 unspecified atom stereocenters. The molecule has 1 aromatic heterocycles. The number of rotatable bonds is 8. The van der Waals surface area contributed by atoms with Gasteiger partial charge in [0.2, 0.25) is 0 Å². The van der Waals surface area contributed by atoms with E-state index in [-0.39, 0.29) is 24.0 Å². The molecule has 0 aliphatic carbocycles. The lowest BCUT2D eigenvalue weighted by molar-refractivity contribution is 0.643. The Balaban J connectivity index is 0.00000320. The third kappa shape index (κ3) is 6.83. The maximum atomic E-state index is 4.70. The molecule has 0 bridgehead atoms. The standard InChI is InChI=1S/C23H30N6.HI/c1-4-24-23(26-17-22-28-27-18(2)29(22)3)25-16-21(20-13-9-6-10-14-20)15-19-11-7-5-8-12-19;/h5-14,21H,4,15-17H2,1-3H3,(H2,24,25,26);1H. The van der Waals surface area contributed by atoms with Gasteiger partial charge < -0.3 is 15.2 Å². The van der Waals surface area contributed by atoms with Gasteiger partial charge in [-0.15, -0.1) is 34.2 Å². The fourth-order valence-electron chi connectivity index (χ4n) is 3.23. The van der Waals surface area contributed by atoms with Crippen LogP contribution < -0.4 is 10.6 Å². The summed E-state index contributed by atoms with van der Waals surface area (Å²) in [5, 5.41) is 15.1. The highest BCUT2D eigenvalue weighted by atomic mass is 127. The highest BCUT2D eigenvalue weighted by Crippen LogP contribution is 2.20. The Bertz CT molecular complexity index is 908. The summed E-state index contributed by atoms with van der Waals surface area (Å²) in [7, 11) is 1.96. The van der Waals surface area contributed by atoms with Crippen LogP contribution in [-0.4, -0.2) is 33.8 Å². The van der Waals surface area contributed by atoms with Gasteiger partial charge >= 0.3 is 0 Å². The van der Waals surface area contributed by atoms with E-state index in [1.54, 1.807) is 0 Å². The van der Waals surface area contributed by atoms with E-state index in [0.29, 0.717) is 12.5 Å². The Morgan fingerprint density at radius 2 is 1.67 bits per heavy atom. The summed E-state index contributed by atoms with van der Waals surface area (Å²) >= 11 is 0. The molecule has 0 amide bonds. The molecule has 30 heavy (non-hydrogen) atoms. The van der Waals surface area contributed by atoms with Crippen molar-refractivity contribution in [3.8, 4) is 0 Å². The number of nitrogens with one attached hydrogen (secondary N) is 2. The highest BCUT2D eigenvalue weighted by Gasteiger charge is 2.13. The smallest absolute Gasteiger partial charge is 0.191 e. The Morgan fingerprint density at radius 3 is 2.27 bits per heavy atom. The first kappa shape index (κ1) is 23.9. The predicted molar refractivity (Wildman–Crippen MR) is 133 cm³/mol. The molecule has 0 aliphatic heterocycles. The maximum absolute atomic E-state index is 4.70. The number of guanidine groups is 1. The fourth-order valence-corrected chi connectivity index (χ4v) is 3.23. The molecule has 3 rings (SSSR count). The summed E-state index contributed by atoms with van der Waals surface area (Å²) in [6, 6.07) is 21.3. The molecule has 3 aromatic rings. The highest BCUT2D eigenvalue weighted by molar-refractivity contribution is 14.0. The number of aliphatic imine (C=N–C) groups is 1. The van der Waals surface area contributed by atoms with Crippen LogP contribution in [0.15, 0.2) is 65.7 Å². The third-order valence-corrected chi connectivity index (χ3v) is 5.02. The monoisotopic (exact) mass is 518 g/mol. The van der Waals surface area contributed by atoms with Gasteiger partial charge in [-0.3, -0.25) is 0 Å². The average molecular weight is 518 g/mol. The van der Waals surface area contributed by atoms with Crippen molar-refractivity contribution in [2.24, 2.45) is 12.0 Å². The zero-order valence-electron chi connectivity index (χ0n) is 17.9. The molecule has 6 nitrogen and oxygen atoms in total. The number of aromatic nitrogens is 3. The lowest BCUT2D eigenvalue weighted by atomic mass is 9.92. The van der Waals surface area contributed by atoms with E-state index in [4.69, 9.17) is 4.99 Å². The van der Waals surface area contributed by atoms with E-state index < -0.39 is 0 Å². The van der Waals surface area contributed by atoms with Crippen molar-refractivity contribution in [3.05, 3.63) is 83.4 Å². The van der Waals surface area contributed by atoms with Crippen LogP contribution >= 0.6 is 24.0 Å². The molecule has 7 heteroatoms. The van der Waals surface area contributed by atoms with Crippen molar-refractivity contribution < 1.29 is 0 Å². The molecule has 0 fully saturated rings. The van der Waals surface area contributed by atoms with Crippen molar-refractivity contribution in [1.29, 1.82) is 0 Å². The number of benzene rings is 2. The van der Waals surface area contributed by atoms with Gasteiger partial charge in [0.05, 0.1) is 0 Å². The number of aryl methyl sites for hydroxylation is 1. The van der Waals surface area contributed by atoms with Crippen molar-refractivity contribution in [1.82, 2.24) is 25.4 Å². The fraction of sp³-hybridized carbons (Fsp3) is 0.348. The van der Waals surface area contributed by atoms with Gasteiger partial charge in [-0.2, -0.15) is 0 Å². The molecule has 1 atom stereocenters. The molecule has 2 aromatic carbocycles. The van der Waals surface area contributed by atoms with Crippen LogP contribution in [0.5, 0.6) is 0 Å². The van der Waals surface area contributed by atoms with E-state index >= 15 is 0 Å². The summed E-state index contributed by atoms with van der Waals surface area (Å²) in [4.78, 5) is 4.70. The first-order chi connectivity index (χ1) is 14.2. The second kappa shape index (κ2) is 12.3. The Hall–Kier alpha value is -2.42. The number of nitrogens with zero attached hydrogens (tertiary/aromatic N) is 4. The zero-order chi connectivity index (χ0) is 20.5. The molecule has 160 valence electrons. The maximum Gasteiger partial charge on any atom is 0.191 e. The normalized spacial score (nSPS) is 12.2. The molecule has 0 saturated heterocycles. The van der Waals surface area contributed by atoms with Crippen LogP contribution in [0.1, 0.15) is 35.6 Å². The van der Waals surface area contributed by atoms with Gasteiger partial charge in [0, 0.05) is 26.1 Å². The first-order valence-corrected chi connectivity index (χ1v) is 10.1.